The maximum atomic E-state index is 11.8. The van der Waals surface area contributed by atoms with Gasteiger partial charge in [-0.15, -0.1) is 0 Å². The molecule has 0 aromatic heterocycles. The van der Waals surface area contributed by atoms with Gasteiger partial charge in [-0.05, 0) is 38.1 Å². The van der Waals surface area contributed by atoms with Gasteiger partial charge in [-0.2, -0.15) is 0 Å². The van der Waals surface area contributed by atoms with Crippen molar-refractivity contribution in [3.8, 4) is 0 Å². The van der Waals surface area contributed by atoms with E-state index in [1.807, 2.05) is 0 Å². The van der Waals surface area contributed by atoms with Crippen molar-refractivity contribution < 1.29 is 4.79 Å². The number of rotatable bonds is 6. The molecule has 2 atom stereocenters. The van der Waals surface area contributed by atoms with Crippen LogP contribution >= 0.6 is 0 Å². The maximum absolute atomic E-state index is 11.8. The first kappa shape index (κ1) is 15.5. The molecule has 0 radical (unpaired) electrons. The number of carbonyl (C=O) groups is 1. The number of hydrogen-bond acceptors (Lipinski definition) is 2. The van der Waals surface area contributed by atoms with E-state index in [0.717, 1.165) is 25.3 Å². The van der Waals surface area contributed by atoms with Gasteiger partial charge in [0.1, 0.15) is 0 Å². The van der Waals surface area contributed by atoms with E-state index in [-0.39, 0.29) is 5.91 Å². The lowest BCUT2D eigenvalue weighted by Gasteiger charge is -2.16. The van der Waals surface area contributed by atoms with Crippen molar-refractivity contribution >= 4 is 5.91 Å². The monoisotopic (exact) mass is 254 g/mol. The van der Waals surface area contributed by atoms with Crippen molar-refractivity contribution in [1.82, 2.24) is 10.6 Å². The van der Waals surface area contributed by atoms with Crippen LogP contribution in [-0.2, 0) is 4.79 Å². The van der Waals surface area contributed by atoms with Crippen molar-refractivity contribution in [1.29, 1.82) is 0 Å². The van der Waals surface area contributed by atoms with Crippen molar-refractivity contribution in [2.45, 2.75) is 77.8 Å². The molecular weight excluding hydrogens is 224 g/mol. The van der Waals surface area contributed by atoms with Crippen molar-refractivity contribution in [2.75, 3.05) is 6.54 Å². The number of nitrogens with one attached hydrogen (secondary N) is 2. The Bertz CT molecular complexity index is 241. The van der Waals surface area contributed by atoms with Gasteiger partial charge >= 0.3 is 0 Å². The molecule has 3 nitrogen and oxygen atoms in total. The van der Waals surface area contributed by atoms with Crippen molar-refractivity contribution in [2.24, 2.45) is 5.92 Å². The van der Waals surface area contributed by atoms with E-state index >= 15 is 0 Å². The molecule has 1 aliphatic carbocycles. The third-order valence-corrected chi connectivity index (χ3v) is 3.76. The van der Waals surface area contributed by atoms with Crippen LogP contribution < -0.4 is 10.6 Å². The minimum absolute atomic E-state index is 0.236. The average Bonchev–Trinajstić information content (AvgIpc) is 2.50. The molecule has 18 heavy (non-hydrogen) atoms. The average molecular weight is 254 g/mol. The van der Waals surface area contributed by atoms with Crippen LogP contribution in [0.15, 0.2) is 0 Å². The van der Waals surface area contributed by atoms with Crippen molar-refractivity contribution in [3.05, 3.63) is 0 Å². The number of amides is 1. The summed E-state index contributed by atoms with van der Waals surface area (Å²) in [5, 5.41) is 6.54. The quantitative estimate of drug-likeness (QED) is 0.565. The Morgan fingerprint density at radius 3 is 2.72 bits per heavy atom. The smallest absolute Gasteiger partial charge is 0.220 e. The molecule has 0 spiro atoms. The van der Waals surface area contributed by atoms with Gasteiger partial charge in [0.15, 0.2) is 0 Å². The van der Waals surface area contributed by atoms with Crippen LogP contribution in [0.4, 0.5) is 0 Å². The van der Waals surface area contributed by atoms with Gasteiger partial charge in [0.2, 0.25) is 5.91 Å². The summed E-state index contributed by atoms with van der Waals surface area (Å²) in [5.41, 5.74) is 0. The van der Waals surface area contributed by atoms with E-state index in [1.165, 1.54) is 25.7 Å². The molecule has 1 saturated carbocycles. The van der Waals surface area contributed by atoms with Crippen LogP contribution in [0.2, 0.25) is 0 Å². The molecule has 0 heterocycles. The molecule has 1 aliphatic rings. The Balaban J connectivity index is 2.11. The summed E-state index contributed by atoms with van der Waals surface area (Å²) in [4.78, 5) is 11.8. The molecule has 0 bridgehead atoms. The van der Waals surface area contributed by atoms with E-state index in [2.05, 4.69) is 31.4 Å². The van der Waals surface area contributed by atoms with Gasteiger partial charge in [-0.3, -0.25) is 4.79 Å². The first-order valence-corrected chi connectivity index (χ1v) is 7.60. The van der Waals surface area contributed by atoms with Gasteiger partial charge in [0, 0.05) is 18.5 Å². The normalized spacial score (nSPS) is 24.9. The minimum atomic E-state index is 0.236. The van der Waals surface area contributed by atoms with E-state index in [9.17, 15) is 4.79 Å². The lowest BCUT2D eigenvalue weighted by molar-refractivity contribution is -0.122. The lowest BCUT2D eigenvalue weighted by atomic mass is 10.0. The molecule has 0 aromatic rings. The summed E-state index contributed by atoms with van der Waals surface area (Å²) in [6, 6.07) is 0.942. The Morgan fingerprint density at radius 1 is 1.22 bits per heavy atom. The summed E-state index contributed by atoms with van der Waals surface area (Å²) in [5.74, 6) is 1.07. The molecule has 106 valence electrons. The zero-order chi connectivity index (χ0) is 13.4. The molecule has 2 N–H and O–H groups in total. The van der Waals surface area contributed by atoms with E-state index < -0.39 is 0 Å². The first-order valence-electron chi connectivity index (χ1n) is 7.60. The Labute approximate surface area is 112 Å². The Morgan fingerprint density at radius 2 is 2.00 bits per heavy atom. The SMILES string of the molecule is CC1CCCC(NC(=O)CCCNC(C)C)CC1. The highest BCUT2D eigenvalue weighted by Gasteiger charge is 2.17. The highest BCUT2D eigenvalue weighted by atomic mass is 16.1. The van der Waals surface area contributed by atoms with Crippen LogP contribution in [0.1, 0.15) is 65.7 Å². The fourth-order valence-electron chi connectivity index (χ4n) is 2.57. The molecule has 0 aromatic carbocycles. The minimum Gasteiger partial charge on any atom is -0.353 e. The summed E-state index contributed by atoms with van der Waals surface area (Å²) in [7, 11) is 0. The van der Waals surface area contributed by atoms with E-state index in [1.54, 1.807) is 0 Å². The van der Waals surface area contributed by atoms with Gasteiger partial charge in [-0.1, -0.05) is 33.6 Å². The van der Waals surface area contributed by atoms with Crippen LogP contribution in [0.25, 0.3) is 0 Å². The Hall–Kier alpha value is -0.570. The van der Waals surface area contributed by atoms with E-state index in [0.29, 0.717) is 18.5 Å². The Kier molecular flexibility index (Phi) is 7.33. The predicted molar refractivity (Wildman–Crippen MR) is 76.6 cm³/mol. The van der Waals surface area contributed by atoms with E-state index in [4.69, 9.17) is 0 Å². The predicted octanol–water partition coefficient (Wildman–Crippen LogP) is 2.85. The second-order valence-corrected chi connectivity index (χ2v) is 6.09. The summed E-state index contributed by atoms with van der Waals surface area (Å²) in [6.07, 6.45) is 7.78. The van der Waals surface area contributed by atoms with Gasteiger partial charge in [0.25, 0.3) is 0 Å². The molecule has 1 rings (SSSR count). The lowest BCUT2D eigenvalue weighted by Crippen LogP contribution is -2.35. The third kappa shape index (κ3) is 7.00. The van der Waals surface area contributed by atoms with Crippen LogP contribution in [0, 0.1) is 5.92 Å². The highest BCUT2D eigenvalue weighted by molar-refractivity contribution is 5.76. The molecular formula is C15H30N2O. The maximum Gasteiger partial charge on any atom is 0.220 e. The second-order valence-electron chi connectivity index (χ2n) is 6.09. The zero-order valence-corrected chi connectivity index (χ0v) is 12.3. The zero-order valence-electron chi connectivity index (χ0n) is 12.3. The van der Waals surface area contributed by atoms with Crippen molar-refractivity contribution in [3.63, 3.8) is 0 Å². The molecule has 1 amide bonds. The summed E-state index contributed by atoms with van der Waals surface area (Å²) >= 11 is 0. The fraction of sp³-hybridized carbons (Fsp3) is 0.933. The van der Waals surface area contributed by atoms with Gasteiger partial charge in [-0.25, -0.2) is 0 Å². The topological polar surface area (TPSA) is 41.1 Å². The van der Waals surface area contributed by atoms with Crippen LogP contribution in [0.3, 0.4) is 0 Å². The van der Waals surface area contributed by atoms with Gasteiger partial charge in [0.05, 0.1) is 0 Å². The highest BCUT2D eigenvalue weighted by Crippen LogP contribution is 2.22. The van der Waals surface area contributed by atoms with Crippen LogP contribution in [-0.4, -0.2) is 24.5 Å². The first-order chi connectivity index (χ1) is 8.58. The molecule has 0 aliphatic heterocycles. The third-order valence-electron chi connectivity index (χ3n) is 3.76. The molecule has 1 fully saturated rings. The number of carbonyl (C=O) groups excluding carboxylic acids is 1. The van der Waals surface area contributed by atoms with Gasteiger partial charge < -0.3 is 10.6 Å². The molecule has 0 saturated heterocycles. The summed E-state index contributed by atoms with van der Waals surface area (Å²) in [6.45, 7) is 7.52. The standard InChI is InChI=1S/C15H30N2O/c1-12(2)16-11-5-8-15(18)17-14-7-4-6-13(3)9-10-14/h12-14,16H,4-11H2,1-3H3,(H,17,18). The molecule has 3 heteroatoms. The van der Waals surface area contributed by atoms with Crippen LogP contribution in [0.5, 0.6) is 0 Å². The number of hydrogen-bond donors (Lipinski definition) is 2. The second kappa shape index (κ2) is 8.52. The largest absolute Gasteiger partial charge is 0.353 e. The molecule has 2 unspecified atom stereocenters. The fourth-order valence-corrected chi connectivity index (χ4v) is 2.57. The summed E-state index contributed by atoms with van der Waals surface area (Å²) < 4.78 is 0.